The van der Waals surface area contributed by atoms with Crippen molar-refractivity contribution in [3.63, 3.8) is 0 Å². The summed E-state index contributed by atoms with van der Waals surface area (Å²) in [5.74, 6) is -2.86. The number of hydrogen-bond acceptors (Lipinski definition) is 4. The van der Waals surface area contributed by atoms with Gasteiger partial charge in [-0.25, -0.2) is 9.07 Å². The smallest absolute Gasteiger partial charge is 0.308 e. The van der Waals surface area contributed by atoms with Gasteiger partial charge in [0.05, 0.1) is 22.3 Å². The number of nitrogens with one attached hydrogen (secondary N) is 1. The molecule has 2 N–H and O–H groups in total. The molecule has 0 fully saturated rings. The summed E-state index contributed by atoms with van der Waals surface area (Å²) in [6, 6.07) is 3.43. The third-order valence-corrected chi connectivity index (χ3v) is 4.05. The van der Waals surface area contributed by atoms with Crippen molar-refractivity contribution in [3.8, 4) is 5.69 Å². The number of aliphatic carboxylic acids is 1. The predicted molar refractivity (Wildman–Crippen MR) is 84.8 cm³/mol. The number of carboxylic acid groups (broad SMARTS) is 1. The lowest BCUT2D eigenvalue weighted by atomic mass is 10.0. The van der Waals surface area contributed by atoms with Crippen molar-refractivity contribution >= 4 is 23.5 Å². The largest absolute Gasteiger partial charge is 0.481 e. The molecule has 0 spiro atoms. The van der Waals surface area contributed by atoms with Crippen LogP contribution < -0.4 is 5.32 Å². The zero-order valence-corrected chi connectivity index (χ0v) is 14.0. The van der Waals surface area contributed by atoms with Crippen LogP contribution in [0.3, 0.4) is 0 Å². The van der Waals surface area contributed by atoms with E-state index in [1.807, 2.05) is 0 Å². The first kappa shape index (κ1) is 17.9. The Kier molecular flexibility index (Phi) is 5.18. The molecule has 0 saturated carbocycles. The van der Waals surface area contributed by atoms with Gasteiger partial charge in [-0.1, -0.05) is 16.8 Å². The molecule has 0 radical (unpaired) electrons. The number of aromatic nitrogens is 3. The number of carbonyl (C=O) groups is 2. The first-order chi connectivity index (χ1) is 11.2. The molecule has 2 aromatic rings. The van der Waals surface area contributed by atoms with Crippen molar-refractivity contribution in [2.45, 2.75) is 26.8 Å². The van der Waals surface area contributed by atoms with Crippen molar-refractivity contribution in [2.24, 2.45) is 5.92 Å². The minimum Gasteiger partial charge on any atom is -0.481 e. The van der Waals surface area contributed by atoms with E-state index in [0.29, 0.717) is 11.4 Å². The van der Waals surface area contributed by atoms with Gasteiger partial charge in [0.2, 0.25) is 0 Å². The van der Waals surface area contributed by atoms with E-state index in [-0.39, 0.29) is 10.7 Å². The van der Waals surface area contributed by atoms with Crippen LogP contribution in [0.5, 0.6) is 0 Å². The van der Waals surface area contributed by atoms with Crippen molar-refractivity contribution in [2.75, 3.05) is 0 Å². The Morgan fingerprint density at radius 1 is 1.38 bits per heavy atom. The van der Waals surface area contributed by atoms with Crippen LogP contribution in [-0.2, 0) is 4.79 Å². The van der Waals surface area contributed by atoms with E-state index in [1.165, 1.54) is 29.8 Å². The van der Waals surface area contributed by atoms with Gasteiger partial charge in [0.25, 0.3) is 5.91 Å². The third kappa shape index (κ3) is 3.53. The topological polar surface area (TPSA) is 97.1 Å². The van der Waals surface area contributed by atoms with E-state index in [2.05, 4.69) is 15.6 Å². The standard InChI is InChI=1S/C15H16ClFN4O3/c1-7(15(23)24)8(2)18-14(22)13-9(3)21(20-19-13)10-4-5-12(17)11(16)6-10/h4-8H,1-3H3,(H,18,22)(H,23,24). The van der Waals surface area contributed by atoms with Gasteiger partial charge in [0, 0.05) is 6.04 Å². The Balaban J connectivity index is 2.24. The highest BCUT2D eigenvalue weighted by atomic mass is 35.5. The Hall–Kier alpha value is -2.48. The first-order valence-corrected chi connectivity index (χ1v) is 7.51. The lowest BCUT2D eigenvalue weighted by Crippen LogP contribution is -2.40. The minimum absolute atomic E-state index is 0.0555. The van der Waals surface area contributed by atoms with Crippen LogP contribution in [0.2, 0.25) is 5.02 Å². The molecule has 1 aromatic heterocycles. The highest BCUT2D eigenvalue weighted by Gasteiger charge is 2.24. The van der Waals surface area contributed by atoms with E-state index in [4.69, 9.17) is 16.7 Å². The van der Waals surface area contributed by atoms with Crippen LogP contribution in [0, 0.1) is 18.7 Å². The zero-order valence-electron chi connectivity index (χ0n) is 13.2. The number of hydrogen-bond donors (Lipinski definition) is 2. The second kappa shape index (κ2) is 6.96. The highest BCUT2D eigenvalue weighted by Crippen LogP contribution is 2.20. The number of halogens is 2. The van der Waals surface area contributed by atoms with E-state index < -0.39 is 29.7 Å². The molecular weight excluding hydrogens is 339 g/mol. The highest BCUT2D eigenvalue weighted by molar-refractivity contribution is 6.30. The van der Waals surface area contributed by atoms with Crippen molar-refractivity contribution in [1.29, 1.82) is 0 Å². The number of carboxylic acids is 1. The van der Waals surface area contributed by atoms with Crippen LogP contribution in [0.15, 0.2) is 18.2 Å². The summed E-state index contributed by atoms with van der Waals surface area (Å²) in [6.07, 6.45) is 0. The Morgan fingerprint density at radius 2 is 2.04 bits per heavy atom. The molecule has 2 atom stereocenters. The maximum Gasteiger partial charge on any atom is 0.308 e. The van der Waals surface area contributed by atoms with Crippen molar-refractivity contribution in [3.05, 3.63) is 40.4 Å². The molecule has 2 unspecified atom stereocenters. The molecule has 1 amide bonds. The van der Waals surface area contributed by atoms with Crippen LogP contribution in [0.1, 0.15) is 30.0 Å². The summed E-state index contributed by atoms with van der Waals surface area (Å²) in [7, 11) is 0. The second-order valence-electron chi connectivity index (χ2n) is 5.42. The normalized spacial score (nSPS) is 13.4. The molecule has 0 aliphatic carbocycles. The van der Waals surface area contributed by atoms with E-state index >= 15 is 0 Å². The van der Waals surface area contributed by atoms with E-state index in [9.17, 15) is 14.0 Å². The van der Waals surface area contributed by atoms with Gasteiger partial charge in [0.1, 0.15) is 5.82 Å². The average Bonchev–Trinajstić information content (AvgIpc) is 2.90. The molecule has 1 heterocycles. The van der Waals surface area contributed by atoms with Crippen LogP contribution >= 0.6 is 11.6 Å². The first-order valence-electron chi connectivity index (χ1n) is 7.13. The summed E-state index contributed by atoms with van der Waals surface area (Å²) in [6.45, 7) is 4.71. The number of amides is 1. The molecule has 7 nitrogen and oxygen atoms in total. The molecular formula is C15H16ClFN4O3. The maximum atomic E-state index is 13.2. The molecule has 1 aromatic carbocycles. The fourth-order valence-corrected chi connectivity index (χ4v) is 2.19. The average molecular weight is 355 g/mol. The fourth-order valence-electron chi connectivity index (χ4n) is 2.01. The van der Waals surface area contributed by atoms with Gasteiger partial charge >= 0.3 is 5.97 Å². The van der Waals surface area contributed by atoms with E-state index in [0.717, 1.165) is 0 Å². The molecule has 128 valence electrons. The number of rotatable bonds is 5. The molecule has 9 heteroatoms. The quantitative estimate of drug-likeness (QED) is 0.858. The lowest BCUT2D eigenvalue weighted by molar-refractivity contribution is -0.141. The molecule has 2 rings (SSSR count). The third-order valence-electron chi connectivity index (χ3n) is 3.76. The Morgan fingerprint density at radius 3 is 2.62 bits per heavy atom. The maximum absolute atomic E-state index is 13.2. The summed E-state index contributed by atoms with van der Waals surface area (Å²) in [4.78, 5) is 23.2. The van der Waals surface area contributed by atoms with Gasteiger partial charge in [0.15, 0.2) is 5.69 Å². The Bertz CT molecular complexity index is 793. The van der Waals surface area contributed by atoms with Gasteiger partial charge in [-0.15, -0.1) is 5.10 Å². The zero-order chi connectivity index (χ0) is 18.0. The van der Waals surface area contributed by atoms with Crippen LogP contribution in [0.25, 0.3) is 5.69 Å². The second-order valence-corrected chi connectivity index (χ2v) is 5.83. The SMILES string of the molecule is Cc1c(C(=O)NC(C)C(C)C(=O)O)nnn1-c1ccc(F)c(Cl)c1. The summed E-state index contributed by atoms with van der Waals surface area (Å²) >= 11 is 5.75. The Labute approximate surface area is 142 Å². The van der Waals surface area contributed by atoms with E-state index in [1.54, 1.807) is 13.8 Å². The molecule has 0 bridgehead atoms. The van der Waals surface area contributed by atoms with Gasteiger partial charge < -0.3 is 10.4 Å². The minimum atomic E-state index is -1.01. The molecule has 0 saturated heterocycles. The fraction of sp³-hybridized carbons (Fsp3) is 0.333. The summed E-state index contributed by atoms with van der Waals surface area (Å²) in [5.41, 5.74) is 0.933. The van der Waals surface area contributed by atoms with Gasteiger partial charge in [-0.2, -0.15) is 0 Å². The monoisotopic (exact) mass is 354 g/mol. The van der Waals surface area contributed by atoms with Crippen LogP contribution in [-0.4, -0.2) is 38.0 Å². The number of benzene rings is 1. The summed E-state index contributed by atoms with van der Waals surface area (Å²) < 4.78 is 14.6. The lowest BCUT2D eigenvalue weighted by Gasteiger charge is -2.17. The molecule has 24 heavy (non-hydrogen) atoms. The molecule has 0 aliphatic heterocycles. The van der Waals surface area contributed by atoms with Gasteiger partial charge in [-0.05, 0) is 39.0 Å². The van der Waals surface area contributed by atoms with Crippen molar-refractivity contribution < 1.29 is 19.1 Å². The predicted octanol–water partition coefficient (Wildman–Crippen LogP) is 2.21. The van der Waals surface area contributed by atoms with Gasteiger partial charge in [-0.3, -0.25) is 9.59 Å². The number of carbonyl (C=O) groups excluding carboxylic acids is 1. The number of nitrogens with zero attached hydrogens (tertiary/aromatic N) is 3. The molecule has 0 aliphatic rings. The van der Waals surface area contributed by atoms with Crippen molar-refractivity contribution in [1.82, 2.24) is 20.3 Å². The van der Waals surface area contributed by atoms with Crippen LogP contribution in [0.4, 0.5) is 4.39 Å². The summed E-state index contributed by atoms with van der Waals surface area (Å²) in [5, 5.41) is 19.2.